The molecule has 2 rings (SSSR count). The minimum atomic E-state index is -0.732. The zero-order valence-electron chi connectivity index (χ0n) is 9.60. The molecule has 18 heavy (non-hydrogen) atoms. The average Bonchev–Trinajstić information content (AvgIpc) is 2.34. The lowest BCUT2D eigenvalue weighted by Crippen LogP contribution is -1.99. The number of aliphatic hydroxyl groups excluding tert-OH is 1. The molecular weight excluding hydrogens is 301 g/mol. The molecule has 0 fully saturated rings. The summed E-state index contributed by atoms with van der Waals surface area (Å²) in [6, 6.07) is 7.76. The van der Waals surface area contributed by atoms with Gasteiger partial charge in [-0.2, -0.15) is 0 Å². The maximum Gasteiger partial charge on any atom is 0.225 e. The van der Waals surface area contributed by atoms with E-state index in [9.17, 15) is 9.50 Å². The van der Waals surface area contributed by atoms with Crippen LogP contribution in [0.5, 0.6) is 11.6 Å². The Morgan fingerprint density at radius 1 is 1.39 bits per heavy atom. The second-order valence-electron chi connectivity index (χ2n) is 3.75. The van der Waals surface area contributed by atoms with Crippen LogP contribution in [0.15, 0.2) is 41.0 Å². The number of halogens is 2. The van der Waals surface area contributed by atoms with Crippen molar-refractivity contribution >= 4 is 15.9 Å². The van der Waals surface area contributed by atoms with Gasteiger partial charge in [0.05, 0.1) is 6.10 Å². The van der Waals surface area contributed by atoms with Crippen molar-refractivity contribution in [2.45, 2.75) is 13.0 Å². The summed E-state index contributed by atoms with van der Waals surface area (Å²) in [5, 5.41) is 9.58. The van der Waals surface area contributed by atoms with E-state index in [1.165, 1.54) is 18.3 Å². The van der Waals surface area contributed by atoms with Gasteiger partial charge in [-0.15, -0.1) is 0 Å². The molecule has 1 aromatic carbocycles. The van der Waals surface area contributed by atoms with Crippen LogP contribution in [0.3, 0.4) is 0 Å². The van der Waals surface area contributed by atoms with Gasteiger partial charge < -0.3 is 9.84 Å². The van der Waals surface area contributed by atoms with E-state index in [1.54, 1.807) is 25.1 Å². The highest BCUT2D eigenvalue weighted by Crippen LogP contribution is 2.30. The molecule has 0 saturated carbocycles. The first-order chi connectivity index (χ1) is 8.58. The lowest BCUT2D eigenvalue weighted by molar-refractivity contribution is 0.194. The third kappa shape index (κ3) is 2.86. The van der Waals surface area contributed by atoms with Gasteiger partial charge in [-0.05, 0) is 37.3 Å². The van der Waals surface area contributed by atoms with Gasteiger partial charge in [0.1, 0.15) is 0 Å². The van der Waals surface area contributed by atoms with Crippen LogP contribution < -0.4 is 4.74 Å². The summed E-state index contributed by atoms with van der Waals surface area (Å²) < 4.78 is 19.7. The predicted molar refractivity (Wildman–Crippen MR) is 69.0 cm³/mol. The molecule has 0 bridgehead atoms. The quantitative estimate of drug-likeness (QED) is 0.936. The fourth-order valence-electron chi connectivity index (χ4n) is 1.47. The summed E-state index contributed by atoms with van der Waals surface area (Å²) in [6.07, 6.45) is 0.792. The molecule has 1 aromatic heterocycles. The van der Waals surface area contributed by atoms with Crippen LogP contribution in [0.25, 0.3) is 0 Å². The van der Waals surface area contributed by atoms with Gasteiger partial charge in [-0.3, -0.25) is 0 Å². The first kappa shape index (κ1) is 13.0. The lowest BCUT2D eigenvalue weighted by Gasteiger charge is -2.12. The van der Waals surface area contributed by atoms with Crippen molar-refractivity contribution < 1.29 is 14.2 Å². The first-order valence-electron chi connectivity index (χ1n) is 5.34. The van der Waals surface area contributed by atoms with Crippen LogP contribution in [0.4, 0.5) is 4.39 Å². The molecule has 94 valence electrons. The van der Waals surface area contributed by atoms with E-state index in [1.807, 2.05) is 0 Å². The maximum atomic E-state index is 13.6. The van der Waals surface area contributed by atoms with Gasteiger partial charge >= 0.3 is 0 Å². The summed E-state index contributed by atoms with van der Waals surface area (Å²) in [5.41, 5.74) is 0.511. The zero-order valence-corrected chi connectivity index (χ0v) is 11.2. The van der Waals surface area contributed by atoms with Gasteiger partial charge in [0, 0.05) is 16.2 Å². The largest absolute Gasteiger partial charge is 0.436 e. The Labute approximate surface area is 112 Å². The molecule has 0 radical (unpaired) electrons. The third-order valence-electron chi connectivity index (χ3n) is 2.35. The Hall–Kier alpha value is -1.46. The van der Waals surface area contributed by atoms with E-state index in [-0.39, 0.29) is 11.6 Å². The van der Waals surface area contributed by atoms with Crippen molar-refractivity contribution in [3.05, 3.63) is 52.4 Å². The van der Waals surface area contributed by atoms with Crippen molar-refractivity contribution in [1.82, 2.24) is 4.98 Å². The minimum Gasteiger partial charge on any atom is -0.436 e. The monoisotopic (exact) mass is 311 g/mol. The number of hydrogen-bond acceptors (Lipinski definition) is 3. The maximum absolute atomic E-state index is 13.6. The predicted octanol–water partition coefficient (Wildman–Crippen LogP) is 3.83. The van der Waals surface area contributed by atoms with Crippen LogP contribution in [-0.2, 0) is 0 Å². The second kappa shape index (κ2) is 5.46. The van der Waals surface area contributed by atoms with Gasteiger partial charge in [0.2, 0.25) is 5.88 Å². The summed E-state index contributed by atoms with van der Waals surface area (Å²) in [7, 11) is 0. The number of ether oxygens (including phenoxy) is 1. The third-order valence-corrected chi connectivity index (χ3v) is 2.84. The number of aliphatic hydroxyl groups is 1. The molecule has 0 saturated heterocycles. The SMILES string of the molecule is CC(O)c1cccnc1Oc1cc(Br)ccc1F. The number of pyridine rings is 1. The van der Waals surface area contributed by atoms with Gasteiger partial charge in [-0.1, -0.05) is 15.9 Å². The highest BCUT2D eigenvalue weighted by atomic mass is 79.9. The summed E-state index contributed by atoms with van der Waals surface area (Å²) in [6.45, 7) is 1.60. The van der Waals surface area contributed by atoms with Gasteiger partial charge in [-0.25, -0.2) is 9.37 Å². The molecular formula is C13H11BrFNO2. The molecule has 0 aliphatic rings. The van der Waals surface area contributed by atoms with Crippen LogP contribution in [0, 0.1) is 5.82 Å². The standard InChI is InChI=1S/C13H11BrFNO2/c1-8(17)10-3-2-6-16-13(10)18-12-7-9(14)4-5-11(12)15/h2-8,17H,1H3. The molecule has 0 amide bonds. The highest BCUT2D eigenvalue weighted by molar-refractivity contribution is 9.10. The average molecular weight is 312 g/mol. The number of nitrogens with zero attached hydrogens (tertiary/aromatic N) is 1. The van der Waals surface area contributed by atoms with Crippen LogP contribution >= 0.6 is 15.9 Å². The molecule has 1 atom stereocenters. The minimum absolute atomic E-state index is 0.0602. The Morgan fingerprint density at radius 3 is 2.89 bits per heavy atom. The molecule has 1 heterocycles. The number of hydrogen-bond donors (Lipinski definition) is 1. The van der Waals surface area contributed by atoms with Crippen molar-refractivity contribution in [2.24, 2.45) is 0 Å². The fraction of sp³-hybridized carbons (Fsp3) is 0.154. The second-order valence-corrected chi connectivity index (χ2v) is 4.67. The Bertz CT molecular complexity index is 560. The smallest absolute Gasteiger partial charge is 0.225 e. The fourth-order valence-corrected chi connectivity index (χ4v) is 1.81. The highest BCUT2D eigenvalue weighted by Gasteiger charge is 2.13. The molecule has 1 N–H and O–H groups in total. The molecule has 3 nitrogen and oxygen atoms in total. The van der Waals surface area contributed by atoms with Crippen molar-refractivity contribution in [3.8, 4) is 11.6 Å². The number of aromatic nitrogens is 1. The van der Waals surface area contributed by atoms with Crippen LogP contribution in [0.2, 0.25) is 0 Å². The number of benzene rings is 1. The van der Waals surface area contributed by atoms with Crippen molar-refractivity contribution in [3.63, 3.8) is 0 Å². The van der Waals surface area contributed by atoms with E-state index in [4.69, 9.17) is 4.74 Å². The van der Waals surface area contributed by atoms with E-state index in [0.717, 1.165) is 0 Å². The molecule has 0 aliphatic heterocycles. The van der Waals surface area contributed by atoms with E-state index in [2.05, 4.69) is 20.9 Å². The summed E-state index contributed by atoms with van der Waals surface area (Å²) in [4.78, 5) is 4.00. The molecule has 0 spiro atoms. The first-order valence-corrected chi connectivity index (χ1v) is 6.13. The van der Waals surface area contributed by atoms with Gasteiger partial charge in [0.15, 0.2) is 11.6 Å². The molecule has 1 unspecified atom stereocenters. The Kier molecular flexibility index (Phi) is 3.93. The zero-order chi connectivity index (χ0) is 13.1. The molecule has 2 aromatic rings. The van der Waals surface area contributed by atoms with Gasteiger partial charge in [0.25, 0.3) is 0 Å². The number of rotatable bonds is 3. The van der Waals surface area contributed by atoms with Crippen molar-refractivity contribution in [2.75, 3.05) is 0 Å². The molecule has 0 aliphatic carbocycles. The Morgan fingerprint density at radius 2 is 2.17 bits per heavy atom. The Balaban J connectivity index is 2.37. The van der Waals surface area contributed by atoms with Crippen molar-refractivity contribution in [1.29, 1.82) is 0 Å². The van der Waals surface area contributed by atoms with Crippen LogP contribution in [0.1, 0.15) is 18.6 Å². The van der Waals surface area contributed by atoms with E-state index >= 15 is 0 Å². The molecule has 5 heteroatoms. The van der Waals surface area contributed by atoms with E-state index < -0.39 is 11.9 Å². The normalized spacial score (nSPS) is 12.2. The lowest BCUT2D eigenvalue weighted by atomic mass is 10.2. The summed E-state index contributed by atoms with van der Waals surface area (Å²) in [5.74, 6) is -0.227. The summed E-state index contributed by atoms with van der Waals surface area (Å²) >= 11 is 3.24. The van der Waals surface area contributed by atoms with Crippen LogP contribution in [-0.4, -0.2) is 10.1 Å². The topological polar surface area (TPSA) is 42.4 Å². The van der Waals surface area contributed by atoms with E-state index in [0.29, 0.717) is 10.0 Å².